The van der Waals surface area contributed by atoms with Gasteiger partial charge in [0.1, 0.15) is 0 Å². The number of carboxylic acids is 1. The van der Waals surface area contributed by atoms with Gasteiger partial charge < -0.3 is 19.5 Å². The molecule has 0 radical (unpaired) electrons. The molecule has 1 rings (SSSR count). The predicted octanol–water partition coefficient (Wildman–Crippen LogP) is 2.28. The van der Waals surface area contributed by atoms with Crippen LogP contribution >= 0.6 is 0 Å². The standard InChI is InChI=1S/C16H23NO5/c1-11(2)10-17(9-8-14(18)19)16(20)12-6-5-7-13(21-3)15(12)22-4/h5-7,11H,8-10H2,1-4H3,(H,18,19). The smallest absolute Gasteiger partial charge is 0.305 e. The van der Waals surface area contributed by atoms with Crippen LogP contribution in [0.3, 0.4) is 0 Å². The van der Waals surface area contributed by atoms with E-state index in [2.05, 4.69) is 0 Å². The van der Waals surface area contributed by atoms with Crippen molar-refractivity contribution < 1.29 is 24.2 Å². The van der Waals surface area contributed by atoms with Crippen molar-refractivity contribution >= 4 is 11.9 Å². The SMILES string of the molecule is COc1cccc(C(=O)N(CCC(=O)O)CC(C)C)c1OC. The van der Waals surface area contributed by atoms with Gasteiger partial charge in [-0.15, -0.1) is 0 Å². The number of carboxylic acid groups (broad SMARTS) is 1. The fraction of sp³-hybridized carbons (Fsp3) is 0.500. The average molecular weight is 309 g/mol. The van der Waals surface area contributed by atoms with Gasteiger partial charge in [-0.05, 0) is 18.1 Å². The molecule has 0 fully saturated rings. The molecule has 0 aliphatic carbocycles. The van der Waals surface area contributed by atoms with Crippen LogP contribution in [0.2, 0.25) is 0 Å². The second-order valence-corrected chi connectivity index (χ2v) is 5.33. The summed E-state index contributed by atoms with van der Waals surface area (Å²) in [4.78, 5) is 25.1. The molecule has 0 spiro atoms. The molecule has 22 heavy (non-hydrogen) atoms. The van der Waals surface area contributed by atoms with Crippen molar-refractivity contribution in [3.05, 3.63) is 23.8 Å². The zero-order chi connectivity index (χ0) is 16.7. The lowest BCUT2D eigenvalue weighted by molar-refractivity contribution is -0.137. The molecule has 1 aromatic carbocycles. The van der Waals surface area contributed by atoms with Crippen LogP contribution in [0.4, 0.5) is 0 Å². The van der Waals surface area contributed by atoms with Gasteiger partial charge in [-0.3, -0.25) is 9.59 Å². The molecule has 0 bridgehead atoms. The number of carbonyl (C=O) groups is 2. The van der Waals surface area contributed by atoms with Crippen LogP contribution < -0.4 is 9.47 Å². The first-order chi connectivity index (χ1) is 10.4. The highest BCUT2D eigenvalue weighted by molar-refractivity contribution is 5.98. The molecule has 1 aromatic rings. The van der Waals surface area contributed by atoms with E-state index in [1.165, 1.54) is 19.1 Å². The van der Waals surface area contributed by atoms with Crippen LogP contribution in [0, 0.1) is 5.92 Å². The Balaban J connectivity index is 3.09. The van der Waals surface area contributed by atoms with E-state index in [4.69, 9.17) is 14.6 Å². The summed E-state index contributed by atoms with van der Waals surface area (Å²) in [6.07, 6.45) is -0.0925. The summed E-state index contributed by atoms with van der Waals surface area (Å²) in [6, 6.07) is 5.07. The van der Waals surface area contributed by atoms with Gasteiger partial charge in [0, 0.05) is 13.1 Å². The Bertz CT molecular complexity index is 527. The summed E-state index contributed by atoms with van der Waals surface area (Å²) in [5.74, 6) is -0.130. The summed E-state index contributed by atoms with van der Waals surface area (Å²) in [6.45, 7) is 4.59. The summed E-state index contributed by atoms with van der Waals surface area (Å²) in [5, 5.41) is 8.85. The third-order valence-electron chi connectivity index (χ3n) is 3.10. The quantitative estimate of drug-likeness (QED) is 0.797. The van der Waals surface area contributed by atoms with Gasteiger partial charge in [0.15, 0.2) is 11.5 Å². The molecule has 0 heterocycles. The lowest BCUT2D eigenvalue weighted by Crippen LogP contribution is -2.36. The number of para-hydroxylation sites is 1. The van der Waals surface area contributed by atoms with Gasteiger partial charge in [0.2, 0.25) is 0 Å². The van der Waals surface area contributed by atoms with Crippen molar-refractivity contribution in [3.8, 4) is 11.5 Å². The van der Waals surface area contributed by atoms with Crippen molar-refractivity contribution in [3.63, 3.8) is 0 Å². The van der Waals surface area contributed by atoms with Gasteiger partial charge in [0.25, 0.3) is 5.91 Å². The highest BCUT2D eigenvalue weighted by atomic mass is 16.5. The molecule has 1 amide bonds. The first-order valence-corrected chi connectivity index (χ1v) is 7.12. The number of hydrogen-bond donors (Lipinski definition) is 1. The van der Waals surface area contributed by atoms with E-state index in [0.717, 1.165) is 0 Å². The fourth-order valence-electron chi connectivity index (χ4n) is 2.17. The minimum Gasteiger partial charge on any atom is -0.493 e. The number of ether oxygens (including phenoxy) is 2. The first-order valence-electron chi connectivity index (χ1n) is 7.12. The molecular weight excluding hydrogens is 286 g/mol. The Morgan fingerprint density at radius 1 is 1.23 bits per heavy atom. The number of hydrogen-bond acceptors (Lipinski definition) is 4. The van der Waals surface area contributed by atoms with Gasteiger partial charge in [-0.25, -0.2) is 0 Å². The number of carbonyl (C=O) groups excluding carboxylic acids is 1. The second kappa shape index (κ2) is 8.26. The number of amides is 1. The zero-order valence-corrected chi connectivity index (χ0v) is 13.5. The van der Waals surface area contributed by atoms with E-state index >= 15 is 0 Å². The number of benzene rings is 1. The average Bonchev–Trinajstić information content (AvgIpc) is 2.49. The van der Waals surface area contributed by atoms with Crippen molar-refractivity contribution in [2.24, 2.45) is 5.92 Å². The van der Waals surface area contributed by atoms with Crippen molar-refractivity contribution in [2.45, 2.75) is 20.3 Å². The Hall–Kier alpha value is -2.24. The number of nitrogens with zero attached hydrogens (tertiary/aromatic N) is 1. The Morgan fingerprint density at radius 3 is 2.41 bits per heavy atom. The van der Waals surface area contributed by atoms with Crippen LogP contribution in [0.5, 0.6) is 11.5 Å². The Kier molecular flexibility index (Phi) is 6.69. The summed E-state index contributed by atoms with van der Waals surface area (Å²) in [7, 11) is 2.97. The summed E-state index contributed by atoms with van der Waals surface area (Å²) < 4.78 is 10.5. The largest absolute Gasteiger partial charge is 0.493 e. The predicted molar refractivity (Wildman–Crippen MR) is 82.5 cm³/mol. The van der Waals surface area contributed by atoms with Crippen LogP contribution in [0.15, 0.2) is 18.2 Å². The van der Waals surface area contributed by atoms with Crippen molar-refractivity contribution in [2.75, 3.05) is 27.3 Å². The normalized spacial score (nSPS) is 10.4. The Morgan fingerprint density at radius 2 is 1.91 bits per heavy atom. The summed E-state index contributed by atoms with van der Waals surface area (Å²) in [5.41, 5.74) is 0.368. The lowest BCUT2D eigenvalue weighted by Gasteiger charge is -2.25. The summed E-state index contributed by atoms with van der Waals surface area (Å²) >= 11 is 0. The highest BCUT2D eigenvalue weighted by Crippen LogP contribution is 2.31. The fourth-order valence-corrected chi connectivity index (χ4v) is 2.17. The van der Waals surface area contributed by atoms with E-state index in [0.29, 0.717) is 23.6 Å². The van der Waals surface area contributed by atoms with Gasteiger partial charge in [0.05, 0.1) is 26.2 Å². The van der Waals surface area contributed by atoms with Crippen molar-refractivity contribution in [1.82, 2.24) is 4.90 Å². The molecule has 0 saturated carbocycles. The van der Waals surface area contributed by atoms with E-state index in [1.54, 1.807) is 18.2 Å². The van der Waals surface area contributed by atoms with Crippen molar-refractivity contribution in [1.29, 1.82) is 0 Å². The second-order valence-electron chi connectivity index (χ2n) is 5.33. The van der Waals surface area contributed by atoms with E-state index in [1.807, 2.05) is 13.8 Å². The highest BCUT2D eigenvalue weighted by Gasteiger charge is 2.23. The molecule has 0 unspecified atom stereocenters. The number of rotatable bonds is 8. The maximum Gasteiger partial charge on any atom is 0.305 e. The minimum atomic E-state index is -0.931. The zero-order valence-electron chi connectivity index (χ0n) is 13.5. The first kappa shape index (κ1) is 17.8. The molecule has 6 nitrogen and oxygen atoms in total. The van der Waals surface area contributed by atoms with Gasteiger partial charge >= 0.3 is 5.97 Å². The van der Waals surface area contributed by atoms with Crippen LogP contribution in [-0.4, -0.2) is 49.2 Å². The van der Waals surface area contributed by atoms with E-state index in [-0.39, 0.29) is 24.8 Å². The molecular formula is C16H23NO5. The number of methoxy groups -OCH3 is 2. The molecule has 122 valence electrons. The van der Waals surface area contributed by atoms with Gasteiger partial charge in [-0.2, -0.15) is 0 Å². The molecule has 1 N–H and O–H groups in total. The maximum absolute atomic E-state index is 12.7. The van der Waals surface area contributed by atoms with Crippen LogP contribution in [0.25, 0.3) is 0 Å². The number of aliphatic carboxylic acids is 1. The molecule has 0 aliphatic heterocycles. The maximum atomic E-state index is 12.7. The monoisotopic (exact) mass is 309 g/mol. The molecule has 0 saturated heterocycles. The van der Waals surface area contributed by atoms with E-state index in [9.17, 15) is 9.59 Å². The molecule has 0 aliphatic rings. The van der Waals surface area contributed by atoms with Crippen LogP contribution in [-0.2, 0) is 4.79 Å². The third-order valence-corrected chi connectivity index (χ3v) is 3.10. The Labute approximate surface area is 130 Å². The molecule has 0 atom stereocenters. The lowest BCUT2D eigenvalue weighted by atomic mass is 10.1. The molecule has 6 heteroatoms. The van der Waals surface area contributed by atoms with Crippen LogP contribution in [0.1, 0.15) is 30.6 Å². The molecule has 0 aromatic heterocycles. The minimum absolute atomic E-state index is 0.0925. The van der Waals surface area contributed by atoms with E-state index < -0.39 is 5.97 Å². The topological polar surface area (TPSA) is 76.1 Å². The third kappa shape index (κ3) is 4.65. The van der Waals surface area contributed by atoms with Gasteiger partial charge in [-0.1, -0.05) is 19.9 Å².